The average molecular weight is 452 g/mol. The molecule has 3 aliphatic rings. The molecule has 3 heterocycles. The van der Waals surface area contributed by atoms with Crippen LogP contribution in [0.4, 0.5) is 15.8 Å². The van der Waals surface area contributed by atoms with E-state index in [1.54, 1.807) is 0 Å². The van der Waals surface area contributed by atoms with Crippen LogP contribution in [-0.4, -0.2) is 59.7 Å². The number of fused-ring (bicyclic) bond motifs is 1. The normalized spacial score (nSPS) is 21.4. The molecule has 2 aromatic carbocycles. The van der Waals surface area contributed by atoms with Gasteiger partial charge in [-0.3, -0.25) is 24.6 Å². The van der Waals surface area contributed by atoms with Gasteiger partial charge >= 0.3 is 0 Å². The second-order valence-corrected chi connectivity index (χ2v) is 8.81. The van der Waals surface area contributed by atoms with Crippen LogP contribution in [0.3, 0.4) is 0 Å². The minimum Gasteiger partial charge on any atom is -0.398 e. The Kier molecular flexibility index (Phi) is 5.49. The number of hydrogen-bond donors (Lipinski definition) is 2. The second kappa shape index (κ2) is 8.47. The summed E-state index contributed by atoms with van der Waals surface area (Å²) in [6.07, 6.45) is 0.467. The maximum Gasteiger partial charge on any atom is 0.255 e. The molecule has 3 N–H and O–H groups in total. The number of piperazine rings is 1. The van der Waals surface area contributed by atoms with E-state index in [0.717, 1.165) is 36.4 Å². The Morgan fingerprint density at radius 1 is 1.06 bits per heavy atom. The number of hydrogen-bond acceptors (Lipinski definition) is 6. The van der Waals surface area contributed by atoms with E-state index in [4.69, 9.17) is 5.73 Å². The Morgan fingerprint density at radius 2 is 1.82 bits per heavy atom. The molecule has 0 aliphatic carbocycles. The monoisotopic (exact) mass is 451 g/mol. The fourth-order valence-corrected chi connectivity index (χ4v) is 4.96. The van der Waals surface area contributed by atoms with Crippen molar-refractivity contribution in [3.63, 3.8) is 0 Å². The largest absolute Gasteiger partial charge is 0.398 e. The van der Waals surface area contributed by atoms with Gasteiger partial charge in [-0.15, -0.1) is 0 Å². The number of nitrogens with two attached hydrogens (primary N) is 1. The molecule has 1 atom stereocenters. The van der Waals surface area contributed by atoms with Gasteiger partial charge in [0.15, 0.2) is 0 Å². The van der Waals surface area contributed by atoms with Crippen LogP contribution in [-0.2, 0) is 22.7 Å². The third-order valence-electron chi connectivity index (χ3n) is 6.76. The number of anilines is 2. The number of benzene rings is 2. The third-order valence-corrected chi connectivity index (χ3v) is 6.76. The van der Waals surface area contributed by atoms with Crippen molar-refractivity contribution >= 4 is 29.1 Å². The first-order valence-electron chi connectivity index (χ1n) is 11.2. The third kappa shape index (κ3) is 4.04. The molecule has 0 radical (unpaired) electrons. The van der Waals surface area contributed by atoms with Crippen molar-refractivity contribution in [3.05, 3.63) is 58.9 Å². The SMILES string of the molecule is Nc1ccccc1CN1CCN(c2cc(F)cc3c2CN(C2CCC(=O)NC2=O)C3=O)CC1. The number of piperidine rings is 1. The minimum atomic E-state index is -0.716. The maximum atomic E-state index is 14.5. The van der Waals surface area contributed by atoms with Crippen molar-refractivity contribution in [2.45, 2.75) is 32.0 Å². The van der Waals surface area contributed by atoms with E-state index in [2.05, 4.69) is 15.1 Å². The Labute approximate surface area is 191 Å². The average Bonchev–Trinajstić information content (AvgIpc) is 3.11. The van der Waals surface area contributed by atoms with Crippen molar-refractivity contribution in [2.75, 3.05) is 36.8 Å². The van der Waals surface area contributed by atoms with Gasteiger partial charge in [-0.05, 0) is 30.2 Å². The van der Waals surface area contributed by atoms with Crippen LogP contribution in [0.1, 0.15) is 34.3 Å². The predicted octanol–water partition coefficient (Wildman–Crippen LogP) is 1.49. The molecule has 9 heteroatoms. The first kappa shape index (κ1) is 21.4. The van der Waals surface area contributed by atoms with Crippen LogP contribution in [0.25, 0.3) is 0 Å². The number of imide groups is 1. The van der Waals surface area contributed by atoms with Crippen molar-refractivity contribution < 1.29 is 18.8 Å². The summed E-state index contributed by atoms with van der Waals surface area (Å²) in [5.41, 5.74) is 9.68. The number of nitrogen functional groups attached to an aromatic ring is 1. The van der Waals surface area contributed by atoms with Gasteiger partial charge in [0.1, 0.15) is 11.9 Å². The Bertz CT molecular complexity index is 1130. The summed E-state index contributed by atoms with van der Waals surface area (Å²) in [6, 6.07) is 9.83. The van der Waals surface area contributed by atoms with Gasteiger partial charge in [-0.25, -0.2) is 4.39 Å². The summed E-state index contributed by atoms with van der Waals surface area (Å²) in [5, 5.41) is 2.30. The number of carbonyl (C=O) groups is 3. The van der Waals surface area contributed by atoms with E-state index in [0.29, 0.717) is 24.3 Å². The highest BCUT2D eigenvalue weighted by Gasteiger charge is 2.41. The van der Waals surface area contributed by atoms with Crippen molar-refractivity contribution in [1.82, 2.24) is 15.1 Å². The van der Waals surface area contributed by atoms with Gasteiger partial charge in [0, 0.05) is 68.2 Å². The van der Waals surface area contributed by atoms with Gasteiger partial charge < -0.3 is 15.5 Å². The molecule has 1 unspecified atom stereocenters. The molecule has 2 aromatic rings. The van der Waals surface area contributed by atoms with Gasteiger partial charge in [-0.1, -0.05) is 18.2 Å². The zero-order valence-electron chi connectivity index (χ0n) is 18.2. The summed E-state index contributed by atoms with van der Waals surface area (Å²) >= 11 is 0. The molecule has 5 rings (SSSR count). The van der Waals surface area contributed by atoms with Crippen molar-refractivity contribution in [2.24, 2.45) is 0 Å². The fourth-order valence-electron chi connectivity index (χ4n) is 4.96. The summed E-state index contributed by atoms with van der Waals surface area (Å²) in [7, 11) is 0. The number of halogens is 1. The van der Waals surface area contributed by atoms with Crippen LogP contribution >= 0.6 is 0 Å². The maximum absolute atomic E-state index is 14.5. The zero-order chi connectivity index (χ0) is 23.1. The first-order valence-corrected chi connectivity index (χ1v) is 11.2. The van der Waals surface area contributed by atoms with E-state index < -0.39 is 17.8 Å². The lowest BCUT2D eigenvalue weighted by Gasteiger charge is -2.37. The number of amides is 3. The standard InChI is InChI=1S/C24H26FN5O3/c25-16-11-17-18(14-30(24(17)33)20-5-6-22(31)27-23(20)32)21(12-16)29-9-7-28(8-10-29)13-15-3-1-2-4-19(15)26/h1-4,11-12,20H,5-10,13-14,26H2,(H,27,31,32). The molecule has 3 aliphatic heterocycles. The van der Waals surface area contributed by atoms with Gasteiger partial charge in [-0.2, -0.15) is 0 Å². The quantitative estimate of drug-likeness (QED) is 0.540. The van der Waals surface area contributed by atoms with Crippen LogP contribution in [0.5, 0.6) is 0 Å². The van der Waals surface area contributed by atoms with Crippen LogP contribution in [0, 0.1) is 5.82 Å². The van der Waals surface area contributed by atoms with E-state index in [9.17, 15) is 18.8 Å². The highest BCUT2D eigenvalue weighted by molar-refractivity contribution is 6.06. The zero-order valence-corrected chi connectivity index (χ0v) is 18.2. The number of nitrogens with one attached hydrogen (secondary N) is 1. The molecule has 2 saturated heterocycles. The van der Waals surface area contributed by atoms with E-state index in [1.165, 1.54) is 17.0 Å². The van der Waals surface area contributed by atoms with Gasteiger partial charge in [0.2, 0.25) is 11.8 Å². The van der Waals surface area contributed by atoms with Crippen molar-refractivity contribution in [3.8, 4) is 0 Å². The summed E-state index contributed by atoms with van der Waals surface area (Å²) in [6.45, 7) is 3.93. The highest BCUT2D eigenvalue weighted by Crippen LogP contribution is 2.35. The lowest BCUT2D eigenvalue weighted by atomic mass is 10.0. The van der Waals surface area contributed by atoms with E-state index in [-0.39, 0.29) is 31.2 Å². The summed E-state index contributed by atoms with van der Waals surface area (Å²) in [5.74, 6) is -1.63. The molecular weight excluding hydrogens is 425 g/mol. The number of nitrogens with zero attached hydrogens (tertiary/aromatic N) is 3. The molecule has 2 fully saturated rings. The number of rotatable bonds is 4. The molecule has 172 valence electrons. The fraction of sp³-hybridized carbons (Fsp3) is 0.375. The molecule has 8 nitrogen and oxygen atoms in total. The number of para-hydroxylation sites is 1. The summed E-state index contributed by atoms with van der Waals surface area (Å²) in [4.78, 5) is 42.8. The molecule has 0 aromatic heterocycles. The molecule has 33 heavy (non-hydrogen) atoms. The second-order valence-electron chi connectivity index (χ2n) is 8.81. The minimum absolute atomic E-state index is 0.186. The van der Waals surface area contributed by atoms with Gasteiger partial charge in [0.05, 0.1) is 0 Å². The number of carbonyl (C=O) groups excluding carboxylic acids is 3. The lowest BCUT2D eigenvalue weighted by Crippen LogP contribution is -2.52. The van der Waals surface area contributed by atoms with E-state index >= 15 is 0 Å². The summed E-state index contributed by atoms with van der Waals surface area (Å²) < 4.78 is 14.5. The van der Waals surface area contributed by atoms with Crippen LogP contribution in [0.2, 0.25) is 0 Å². The predicted molar refractivity (Wildman–Crippen MR) is 121 cm³/mol. The molecule has 0 bridgehead atoms. The molecule has 0 saturated carbocycles. The smallest absolute Gasteiger partial charge is 0.255 e. The first-order chi connectivity index (χ1) is 15.9. The van der Waals surface area contributed by atoms with Crippen LogP contribution < -0.4 is 16.0 Å². The Hall–Kier alpha value is -3.46. The Balaban J connectivity index is 1.32. The Morgan fingerprint density at radius 3 is 2.55 bits per heavy atom. The topological polar surface area (TPSA) is 99.0 Å². The van der Waals surface area contributed by atoms with Crippen LogP contribution in [0.15, 0.2) is 36.4 Å². The van der Waals surface area contributed by atoms with E-state index in [1.807, 2.05) is 24.3 Å². The molecule has 0 spiro atoms. The molecule has 3 amide bonds. The van der Waals surface area contributed by atoms with Crippen molar-refractivity contribution in [1.29, 1.82) is 0 Å². The molecular formula is C24H26FN5O3. The van der Waals surface area contributed by atoms with Gasteiger partial charge in [0.25, 0.3) is 5.91 Å². The highest BCUT2D eigenvalue weighted by atomic mass is 19.1. The lowest BCUT2D eigenvalue weighted by molar-refractivity contribution is -0.136.